The monoisotopic (exact) mass is 561 g/mol. The molecule has 1 unspecified atom stereocenters. The second kappa shape index (κ2) is 19.4. The molecule has 1 aromatic carbocycles. The van der Waals surface area contributed by atoms with Crippen LogP contribution in [0.2, 0.25) is 0 Å². The maximum atomic E-state index is 12.8. The van der Waals surface area contributed by atoms with Gasteiger partial charge in [0, 0.05) is 18.7 Å². The number of unbranched alkanes of at least 4 members (excludes halogenated alkanes) is 10. The van der Waals surface area contributed by atoms with Crippen LogP contribution in [0.25, 0.3) is 0 Å². The highest BCUT2D eigenvalue weighted by Gasteiger charge is 2.34. The zero-order valence-corrected chi connectivity index (χ0v) is 24.6. The van der Waals surface area contributed by atoms with Gasteiger partial charge in [0.1, 0.15) is 11.8 Å². The van der Waals surface area contributed by atoms with Crippen molar-refractivity contribution in [2.75, 3.05) is 26.3 Å². The molecule has 0 bridgehead atoms. The fourth-order valence-electron chi connectivity index (χ4n) is 4.46. The van der Waals surface area contributed by atoms with Crippen LogP contribution in [0.1, 0.15) is 108 Å². The third-order valence-electron chi connectivity index (χ3n) is 6.82. The van der Waals surface area contributed by atoms with E-state index >= 15 is 0 Å². The number of ether oxygens (including phenoxy) is 2. The Morgan fingerprint density at radius 3 is 2.18 bits per heavy atom. The van der Waals surface area contributed by atoms with E-state index < -0.39 is 12.0 Å². The Morgan fingerprint density at radius 2 is 1.51 bits per heavy atom. The van der Waals surface area contributed by atoms with Gasteiger partial charge in [-0.25, -0.2) is 0 Å². The van der Waals surface area contributed by atoms with Gasteiger partial charge in [-0.2, -0.15) is 0 Å². The zero-order valence-electron chi connectivity index (χ0n) is 23.8. The first kappa shape index (κ1) is 32.5. The number of benzene rings is 1. The van der Waals surface area contributed by atoms with E-state index in [9.17, 15) is 14.4 Å². The highest BCUT2D eigenvalue weighted by atomic mass is 32.1. The van der Waals surface area contributed by atoms with Gasteiger partial charge in [0.05, 0.1) is 19.6 Å². The number of nitrogens with zero attached hydrogens (tertiary/aromatic N) is 1. The molecule has 1 aliphatic heterocycles. The largest absolute Gasteiger partial charge is 0.494 e. The summed E-state index contributed by atoms with van der Waals surface area (Å²) in [5, 5.41) is 5.59. The summed E-state index contributed by atoms with van der Waals surface area (Å²) in [6, 6.07) is 6.07. The predicted octanol–water partition coefficient (Wildman–Crippen LogP) is 5.53. The van der Waals surface area contributed by atoms with Crippen LogP contribution >= 0.6 is 12.2 Å². The first-order valence-corrected chi connectivity index (χ1v) is 15.1. The average molecular weight is 562 g/mol. The summed E-state index contributed by atoms with van der Waals surface area (Å²) < 4.78 is 11.1. The Morgan fingerprint density at radius 1 is 0.923 bits per heavy atom. The molecular weight excluding hydrogens is 514 g/mol. The van der Waals surface area contributed by atoms with Gasteiger partial charge in [-0.15, -0.1) is 0 Å². The Bertz CT molecular complexity index is 893. The summed E-state index contributed by atoms with van der Waals surface area (Å²) in [5.74, 6) is -0.410. The Labute approximate surface area is 239 Å². The SMILES string of the molecule is CCCCCCCCCCOC(=O)CC1C(=O)NCCN1C(=S)NC(=O)c1ccc(OCCCCCC)cc1. The lowest BCUT2D eigenvalue weighted by Gasteiger charge is -2.36. The minimum absolute atomic E-state index is 0.118. The molecule has 1 fully saturated rings. The average Bonchev–Trinajstić information content (AvgIpc) is 2.93. The van der Waals surface area contributed by atoms with E-state index in [0.29, 0.717) is 37.6 Å². The van der Waals surface area contributed by atoms with Crippen molar-refractivity contribution in [1.82, 2.24) is 15.5 Å². The number of hydrogen-bond donors (Lipinski definition) is 2. The number of amides is 2. The molecule has 2 rings (SSSR count). The van der Waals surface area contributed by atoms with Gasteiger partial charge in [0.25, 0.3) is 5.91 Å². The number of nitrogens with one attached hydrogen (secondary N) is 2. The van der Waals surface area contributed by atoms with Crippen molar-refractivity contribution in [3.05, 3.63) is 29.8 Å². The second-order valence-electron chi connectivity index (χ2n) is 10.1. The van der Waals surface area contributed by atoms with Crippen molar-refractivity contribution in [3.8, 4) is 5.75 Å². The Hall–Kier alpha value is -2.68. The quantitative estimate of drug-likeness (QED) is 0.138. The molecule has 1 aromatic rings. The Balaban J connectivity index is 1.77. The highest BCUT2D eigenvalue weighted by Crippen LogP contribution is 2.15. The number of rotatable bonds is 18. The third-order valence-corrected chi connectivity index (χ3v) is 7.15. The molecule has 2 amide bonds. The molecule has 0 radical (unpaired) electrons. The summed E-state index contributed by atoms with van der Waals surface area (Å²) in [5.41, 5.74) is 0.429. The van der Waals surface area contributed by atoms with Crippen LogP contribution in [-0.4, -0.2) is 60.1 Å². The molecule has 0 aliphatic carbocycles. The molecule has 0 spiro atoms. The second-order valence-corrected chi connectivity index (χ2v) is 10.5. The molecule has 1 heterocycles. The highest BCUT2D eigenvalue weighted by molar-refractivity contribution is 7.80. The standard InChI is InChI=1S/C30H47N3O5S/c1-3-5-7-9-10-11-12-14-22-38-27(34)23-26-29(36)31-19-20-33(26)30(39)32-28(35)24-15-17-25(18-16-24)37-21-13-8-6-4-2/h15-18,26H,3-14,19-23H2,1-2H3,(H,31,36)(H,32,35,39). The molecule has 0 aromatic heterocycles. The van der Waals surface area contributed by atoms with E-state index in [1.807, 2.05) is 0 Å². The van der Waals surface area contributed by atoms with Crippen LogP contribution < -0.4 is 15.4 Å². The summed E-state index contributed by atoms with van der Waals surface area (Å²) in [6.45, 7) is 6.15. The fourth-order valence-corrected chi connectivity index (χ4v) is 4.77. The summed E-state index contributed by atoms with van der Waals surface area (Å²) in [4.78, 5) is 39.4. The maximum Gasteiger partial charge on any atom is 0.308 e. The van der Waals surface area contributed by atoms with Gasteiger partial charge in [0.2, 0.25) is 5.91 Å². The van der Waals surface area contributed by atoms with Crippen LogP contribution in [-0.2, 0) is 14.3 Å². The van der Waals surface area contributed by atoms with E-state index in [2.05, 4.69) is 24.5 Å². The third kappa shape index (κ3) is 12.8. The number of piperazine rings is 1. The van der Waals surface area contributed by atoms with Gasteiger partial charge in [-0.05, 0) is 49.3 Å². The van der Waals surface area contributed by atoms with Crippen molar-refractivity contribution in [2.45, 2.75) is 103 Å². The van der Waals surface area contributed by atoms with E-state index in [1.165, 1.54) is 44.9 Å². The van der Waals surface area contributed by atoms with Crippen molar-refractivity contribution < 1.29 is 23.9 Å². The minimum atomic E-state index is -0.818. The molecular formula is C30H47N3O5S. The van der Waals surface area contributed by atoms with E-state index in [4.69, 9.17) is 21.7 Å². The molecule has 2 N–H and O–H groups in total. The van der Waals surface area contributed by atoms with Gasteiger partial charge in [-0.3, -0.25) is 19.7 Å². The van der Waals surface area contributed by atoms with Crippen molar-refractivity contribution >= 4 is 35.1 Å². The number of esters is 1. The summed E-state index contributed by atoms with van der Waals surface area (Å²) in [6.07, 6.45) is 13.7. The molecule has 1 aliphatic rings. The molecule has 1 atom stereocenters. The maximum absolute atomic E-state index is 12.8. The molecule has 9 heteroatoms. The lowest BCUT2D eigenvalue weighted by molar-refractivity contribution is -0.147. The van der Waals surface area contributed by atoms with Crippen LogP contribution in [0.3, 0.4) is 0 Å². The van der Waals surface area contributed by atoms with Gasteiger partial charge in [-0.1, -0.05) is 78.1 Å². The molecule has 0 saturated carbocycles. The number of hydrogen-bond acceptors (Lipinski definition) is 6. The van der Waals surface area contributed by atoms with Crippen LogP contribution in [0.15, 0.2) is 24.3 Å². The molecule has 8 nitrogen and oxygen atoms in total. The fraction of sp³-hybridized carbons (Fsp3) is 0.667. The summed E-state index contributed by atoms with van der Waals surface area (Å²) >= 11 is 5.46. The molecule has 1 saturated heterocycles. The molecule has 218 valence electrons. The van der Waals surface area contributed by atoms with Crippen LogP contribution in [0.5, 0.6) is 5.75 Å². The Kier molecular flexibility index (Phi) is 16.2. The van der Waals surface area contributed by atoms with Crippen molar-refractivity contribution in [2.24, 2.45) is 0 Å². The minimum Gasteiger partial charge on any atom is -0.494 e. The number of thiocarbonyl (C=S) groups is 1. The lowest BCUT2D eigenvalue weighted by atomic mass is 10.1. The van der Waals surface area contributed by atoms with E-state index in [0.717, 1.165) is 32.1 Å². The van der Waals surface area contributed by atoms with Gasteiger partial charge in [0.15, 0.2) is 5.11 Å². The van der Waals surface area contributed by atoms with E-state index in [1.54, 1.807) is 29.2 Å². The smallest absolute Gasteiger partial charge is 0.308 e. The van der Waals surface area contributed by atoms with Crippen molar-refractivity contribution in [1.29, 1.82) is 0 Å². The van der Waals surface area contributed by atoms with E-state index in [-0.39, 0.29) is 23.3 Å². The number of carbonyl (C=O) groups excluding carboxylic acids is 3. The topological polar surface area (TPSA) is 97.0 Å². The molecule has 39 heavy (non-hydrogen) atoms. The zero-order chi connectivity index (χ0) is 28.3. The number of carbonyl (C=O) groups is 3. The first-order valence-electron chi connectivity index (χ1n) is 14.7. The summed E-state index contributed by atoms with van der Waals surface area (Å²) in [7, 11) is 0. The van der Waals surface area contributed by atoms with Crippen molar-refractivity contribution in [3.63, 3.8) is 0 Å². The van der Waals surface area contributed by atoms with Gasteiger partial charge >= 0.3 is 5.97 Å². The normalized spacial score (nSPS) is 15.0. The first-order chi connectivity index (χ1) is 19.0. The van der Waals surface area contributed by atoms with Gasteiger partial charge < -0.3 is 19.7 Å². The predicted molar refractivity (Wildman–Crippen MR) is 158 cm³/mol. The van der Waals surface area contributed by atoms with Crippen LogP contribution in [0, 0.1) is 0 Å². The van der Waals surface area contributed by atoms with Crippen LogP contribution in [0.4, 0.5) is 0 Å². The lowest BCUT2D eigenvalue weighted by Crippen LogP contribution is -2.60.